The lowest BCUT2D eigenvalue weighted by molar-refractivity contribution is 0.457. The average Bonchev–Trinajstić information content (AvgIpc) is 2.30. The molecule has 2 aromatic rings. The van der Waals surface area contributed by atoms with Gasteiger partial charge >= 0.3 is 0 Å². The Balaban J connectivity index is 2.40. The Hall–Kier alpha value is -2.81. The van der Waals surface area contributed by atoms with Crippen LogP contribution in [-0.4, -0.2) is 9.97 Å². The Kier molecular flexibility index (Phi) is 2.98. The van der Waals surface area contributed by atoms with E-state index in [4.69, 9.17) is 15.7 Å². The number of rotatable bonds is 2. The van der Waals surface area contributed by atoms with Gasteiger partial charge < -0.3 is 15.5 Å². The van der Waals surface area contributed by atoms with Gasteiger partial charge in [0.25, 0.3) is 5.56 Å². The number of nitrogen functional groups attached to an aromatic ring is 1. The van der Waals surface area contributed by atoms with Gasteiger partial charge in [-0.15, -0.1) is 0 Å². The minimum Gasteiger partial charge on any atom is -0.437 e. The van der Waals surface area contributed by atoms with Crippen LogP contribution in [0.2, 0.25) is 0 Å². The summed E-state index contributed by atoms with van der Waals surface area (Å²) in [7, 11) is 0. The molecule has 1 heterocycles. The van der Waals surface area contributed by atoms with E-state index in [0.717, 1.165) is 0 Å². The van der Waals surface area contributed by atoms with E-state index < -0.39 is 0 Å². The normalized spacial score (nSPS) is 9.78. The third-order valence-corrected chi connectivity index (χ3v) is 2.18. The maximum Gasteiger partial charge on any atom is 0.254 e. The largest absolute Gasteiger partial charge is 0.437 e. The van der Waals surface area contributed by atoms with Crippen molar-refractivity contribution < 1.29 is 4.74 Å². The number of nitrogens with zero attached hydrogens (tertiary/aromatic N) is 2. The van der Waals surface area contributed by atoms with Crippen LogP contribution in [0.4, 0.5) is 5.69 Å². The molecule has 0 unspecified atom stereocenters. The summed E-state index contributed by atoms with van der Waals surface area (Å²) < 4.78 is 5.41. The topological polar surface area (TPSA) is 105 Å². The van der Waals surface area contributed by atoms with Gasteiger partial charge in [-0.25, -0.2) is 4.98 Å². The van der Waals surface area contributed by atoms with E-state index in [1.54, 1.807) is 19.1 Å². The summed E-state index contributed by atoms with van der Waals surface area (Å²) >= 11 is 0. The lowest BCUT2D eigenvalue weighted by atomic mass is 10.2. The number of nitrogens with two attached hydrogens (primary N) is 1. The van der Waals surface area contributed by atoms with Crippen molar-refractivity contribution in [1.29, 1.82) is 5.26 Å². The van der Waals surface area contributed by atoms with Crippen molar-refractivity contribution in [3.05, 3.63) is 46.0 Å². The number of aromatic nitrogens is 2. The van der Waals surface area contributed by atoms with E-state index in [1.165, 1.54) is 12.1 Å². The van der Waals surface area contributed by atoms with Gasteiger partial charge in [-0.05, 0) is 25.1 Å². The van der Waals surface area contributed by atoms with Crippen LogP contribution in [0.25, 0.3) is 0 Å². The molecule has 1 aromatic heterocycles. The summed E-state index contributed by atoms with van der Waals surface area (Å²) in [6.45, 7) is 1.64. The second-order valence-electron chi connectivity index (χ2n) is 3.64. The molecular weight excluding hydrogens is 232 g/mol. The Labute approximate surface area is 103 Å². The molecule has 0 atom stereocenters. The Morgan fingerprint density at radius 3 is 2.89 bits per heavy atom. The number of nitrogens with one attached hydrogen (secondary N) is 1. The van der Waals surface area contributed by atoms with E-state index in [1.807, 2.05) is 6.07 Å². The van der Waals surface area contributed by atoms with Gasteiger partial charge in [0.15, 0.2) is 0 Å². The molecule has 0 fully saturated rings. The number of benzene rings is 1. The predicted octanol–water partition coefficient (Wildman–Crippen LogP) is 1.32. The van der Waals surface area contributed by atoms with Gasteiger partial charge in [-0.2, -0.15) is 5.26 Å². The fourth-order valence-corrected chi connectivity index (χ4v) is 1.44. The van der Waals surface area contributed by atoms with Crippen LogP contribution in [0.15, 0.2) is 29.1 Å². The molecule has 3 N–H and O–H groups in total. The second kappa shape index (κ2) is 4.59. The van der Waals surface area contributed by atoms with Gasteiger partial charge in [0.05, 0.1) is 11.6 Å². The summed E-state index contributed by atoms with van der Waals surface area (Å²) in [6.07, 6.45) is 0. The molecule has 1 aromatic carbocycles. The maximum absolute atomic E-state index is 11.2. The highest BCUT2D eigenvalue weighted by Crippen LogP contribution is 2.24. The predicted molar refractivity (Wildman–Crippen MR) is 65.2 cm³/mol. The molecule has 0 saturated heterocycles. The number of aryl methyl sites for hydroxylation is 1. The molecule has 0 aliphatic carbocycles. The summed E-state index contributed by atoms with van der Waals surface area (Å²) in [5.74, 6) is 0.883. The SMILES string of the molecule is Cc1nc(Oc2ccc(N)cc2C#N)cc(=O)[nH]1. The molecule has 90 valence electrons. The number of H-pyrrole nitrogens is 1. The smallest absolute Gasteiger partial charge is 0.254 e. The Bertz CT molecular complexity index is 685. The minimum absolute atomic E-state index is 0.137. The highest BCUT2D eigenvalue weighted by atomic mass is 16.5. The van der Waals surface area contributed by atoms with Crippen molar-refractivity contribution in [2.75, 3.05) is 5.73 Å². The summed E-state index contributed by atoms with van der Waals surface area (Å²) in [5, 5.41) is 8.96. The fourth-order valence-electron chi connectivity index (χ4n) is 1.44. The number of ether oxygens (including phenoxy) is 1. The zero-order chi connectivity index (χ0) is 13.1. The van der Waals surface area contributed by atoms with Crippen LogP contribution in [0.5, 0.6) is 11.6 Å². The van der Waals surface area contributed by atoms with Gasteiger partial charge in [0.2, 0.25) is 5.88 Å². The van der Waals surface area contributed by atoms with Crippen molar-refractivity contribution in [3.8, 4) is 17.7 Å². The van der Waals surface area contributed by atoms with E-state index in [9.17, 15) is 4.79 Å². The van der Waals surface area contributed by atoms with Crippen molar-refractivity contribution in [1.82, 2.24) is 9.97 Å². The third-order valence-electron chi connectivity index (χ3n) is 2.18. The molecule has 6 nitrogen and oxygen atoms in total. The minimum atomic E-state index is -0.313. The fraction of sp³-hybridized carbons (Fsp3) is 0.0833. The van der Waals surface area contributed by atoms with Crippen LogP contribution in [-0.2, 0) is 0 Å². The van der Waals surface area contributed by atoms with Crippen LogP contribution < -0.4 is 16.0 Å². The molecule has 6 heteroatoms. The summed E-state index contributed by atoms with van der Waals surface area (Å²) in [5.41, 5.74) is 6.01. The summed E-state index contributed by atoms with van der Waals surface area (Å²) in [6, 6.07) is 7.84. The number of hydrogen-bond acceptors (Lipinski definition) is 5. The maximum atomic E-state index is 11.2. The Morgan fingerprint density at radius 1 is 1.44 bits per heavy atom. The lowest BCUT2D eigenvalue weighted by Crippen LogP contribution is -2.08. The zero-order valence-corrected chi connectivity index (χ0v) is 9.60. The van der Waals surface area contributed by atoms with Gasteiger partial charge in [-0.3, -0.25) is 4.79 Å². The van der Waals surface area contributed by atoms with Crippen LogP contribution in [0, 0.1) is 18.3 Å². The number of nitriles is 1. The molecule has 0 saturated carbocycles. The molecule has 0 amide bonds. The number of anilines is 1. The molecule has 2 rings (SSSR count). The van der Waals surface area contributed by atoms with Gasteiger partial charge in [-0.1, -0.05) is 0 Å². The van der Waals surface area contributed by atoms with E-state index in [-0.39, 0.29) is 17.0 Å². The Morgan fingerprint density at radius 2 is 2.22 bits per heavy atom. The first kappa shape index (κ1) is 11.7. The van der Waals surface area contributed by atoms with E-state index in [2.05, 4.69) is 9.97 Å². The quantitative estimate of drug-likeness (QED) is 0.773. The van der Waals surface area contributed by atoms with Crippen molar-refractivity contribution >= 4 is 5.69 Å². The third kappa shape index (κ3) is 2.47. The standard InChI is InChI=1S/C12H10N4O2/c1-7-15-11(17)5-12(16-7)18-10-3-2-9(14)4-8(10)6-13/h2-5H,14H2,1H3,(H,15,16,17). The van der Waals surface area contributed by atoms with Gasteiger partial charge in [0.1, 0.15) is 17.6 Å². The molecule has 0 aliphatic heterocycles. The average molecular weight is 242 g/mol. The van der Waals surface area contributed by atoms with Gasteiger partial charge in [0, 0.05) is 5.69 Å². The first-order valence-corrected chi connectivity index (χ1v) is 5.14. The molecule has 0 radical (unpaired) electrons. The number of aromatic amines is 1. The van der Waals surface area contributed by atoms with Crippen molar-refractivity contribution in [2.24, 2.45) is 0 Å². The number of hydrogen-bond donors (Lipinski definition) is 2. The van der Waals surface area contributed by atoms with Crippen LogP contribution in [0.1, 0.15) is 11.4 Å². The molecular formula is C12H10N4O2. The highest BCUT2D eigenvalue weighted by molar-refractivity contribution is 5.53. The van der Waals surface area contributed by atoms with E-state index in [0.29, 0.717) is 17.3 Å². The van der Waals surface area contributed by atoms with Crippen LogP contribution in [0.3, 0.4) is 0 Å². The first-order valence-electron chi connectivity index (χ1n) is 5.14. The first-order chi connectivity index (χ1) is 8.58. The zero-order valence-electron chi connectivity index (χ0n) is 9.60. The van der Waals surface area contributed by atoms with E-state index >= 15 is 0 Å². The monoisotopic (exact) mass is 242 g/mol. The molecule has 18 heavy (non-hydrogen) atoms. The molecule has 0 aliphatic rings. The highest BCUT2D eigenvalue weighted by Gasteiger charge is 2.07. The second-order valence-corrected chi connectivity index (χ2v) is 3.64. The summed E-state index contributed by atoms with van der Waals surface area (Å²) in [4.78, 5) is 17.8. The lowest BCUT2D eigenvalue weighted by Gasteiger charge is -2.07. The molecule has 0 bridgehead atoms. The molecule has 0 spiro atoms. The van der Waals surface area contributed by atoms with Crippen molar-refractivity contribution in [3.63, 3.8) is 0 Å². The van der Waals surface area contributed by atoms with Crippen molar-refractivity contribution in [2.45, 2.75) is 6.92 Å². The van der Waals surface area contributed by atoms with Crippen LogP contribution >= 0.6 is 0 Å².